The van der Waals surface area contributed by atoms with E-state index in [4.69, 9.17) is 15.0 Å². The van der Waals surface area contributed by atoms with E-state index in [1.165, 1.54) is 59.1 Å². The minimum absolute atomic E-state index is 0.507. The maximum atomic E-state index is 5.20. The Bertz CT molecular complexity index is 3790. The first kappa shape index (κ1) is 39.8. The Hall–Kier alpha value is -8.57. The minimum Gasteiger partial charge on any atom is -0.208 e. The van der Waals surface area contributed by atoms with E-state index < -0.39 is 5.41 Å². The Kier molecular flexibility index (Phi) is 9.59. The number of benzene rings is 10. The molecule has 2 heterocycles. The molecule has 0 spiro atoms. The van der Waals surface area contributed by atoms with Crippen molar-refractivity contribution in [3.05, 3.63) is 271 Å². The van der Waals surface area contributed by atoms with Crippen LogP contribution in [0.4, 0.5) is 0 Å². The molecule has 0 N–H and O–H groups in total. The first-order valence-electron chi connectivity index (χ1n) is 23.1. The van der Waals surface area contributed by atoms with E-state index in [1.807, 2.05) is 23.5 Å². The van der Waals surface area contributed by atoms with Crippen LogP contribution in [-0.4, -0.2) is 15.0 Å². The molecule has 0 fully saturated rings. The lowest BCUT2D eigenvalue weighted by Crippen LogP contribution is -2.28. The van der Waals surface area contributed by atoms with Crippen LogP contribution < -0.4 is 0 Å². The molecule has 0 aliphatic heterocycles. The van der Waals surface area contributed by atoms with Gasteiger partial charge in [-0.15, -0.1) is 11.3 Å². The third-order valence-corrected chi connectivity index (χ3v) is 14.8. The molecule has 3 nitrogen and oxygen atoms in total. The van der Waals surface area contributed by atoms with E-state index in [1.54, 1.807) is 0 Å². The van der Waals surface area contributed by atoms with Crippen molar-refractivity contribution in [1.82, 2.24) is 15.0 Å². The first-order chi connectivity index (χ1) is 33.7. The van der Waals surface area contributed by atoms with E-state index in [0.29, 0.717) is 17.5 Å². The Morgan fingerprint density at radius 2 is 0.676 bits per heavy atom. The largest absolute Gasteiger partial charge is 0.208 e. The Labute approximate surface area is 399 Å². The number of hydrogen-bond donors (Lipinski definition) is 0. The van der Waals surface area contributed by atoms with Crippen LogP contribution >= 0.6 is 11.3 Å². The van der Waals surface area contributed by atoms with Gasteiger partial charge in [-0.2, -0.15) is 0 Å². The second kappa shape index (κ2) is 16.4. The van der Waals surface area contributed by atoms with Crippen LogP contribution in [-0.2, 0) is 5.41 Å². The number of aromatic nitrogens is 3. The predicted molar refractivity (Wildman–Crippen MR) is 283 cm³/mol. The molecule has 0 amide bonds. The number of hydrogen-bond acceptors (Lipinski definition) is 4. The zero-order valence-corrected chi connectivity index (χ0v) is 37.7. The highest BCUT2D eigenvalue weighted by molar-refractivity contribution is 7.25. The molecule has 0 unspecified atom stereocenters. The van der Waals surface area contributed by atoms with E-state index in [2.05, 4.69) is 237 Å². The summed E-state index contributed by atoms with van der Waals surface area (Å²) in [6.07, 6.45) is 0. The Morgan fingerprint density at radius 1 is 0.265 bits per heavy atom. The fourth-order valence-electron chi connectivity index (χ4n) is 10.4. The smallest absolute Gasteiger partial charge is 0.164 e. The maximum Gasteiger partial charge on any atom is 0.164 e. The van der Waals surface area contributed by atoms with Crippen LogP contribution in [0.2, 0.25) is 0 Å². The predicted octanol–water partition coefficient (Wildman–Crippen LogP) is 16.6. The standard InChI is InChI=1S/C64H41N3S/c1-3-15-42(16-4-1)44-29-31-46(32-30-44)61-65-62(49-21-13-19-47(39-49)43-17-5-2-6-18-43)67-63(66-61)50-22-14-20-48(40-50)45-33-35-51(36-34-45)64(57-26-10-7-23-53(57)54-24-8-11-27-58(54)64)52-37-38-56-55-25-9-12-28-59(55)68-60(56)41-52/h1-41H. The van der Waals surface area contributed by atoms with Crippen LogP contribution in [0, 0.1) is 0 Å². The van der Waals surface area contributed by atoms with Gasteiger partial charge in [-0.3, -0.25) is 0 Å². The van der Waals surface area contributed by atoms with Crippen LogP contribution in [0.25, 0.3) is 98.8 Å². The molecule has 12 aromatic rings. The second-order valence-electron chi connectivity index (χ2n) is 17.5. The molecule has 13 rings (SSSR count). The lowest BCUT2D eigenvalue weighted by molar-refractivity contribution is 0.770. The van der Waals surface area contributed by atoms with Gasteiger partial charge in [0.15, 0.2) is 17.5 Å². The van der Waals surface area contributed by atoms with Crippen LogP contribution in [0.3, 0.4) is 0 Å². The summed E-state index contributed by atoms with van der Waals surface area (Å²) in [6.45, 7) is 0. The van der Waals surface area contributed by atoms with Crippen molar-refractivity contribution >= 4 is 31.5 Å². The Balaban J connectivity index is 0.918. The van der Waals surface area contributed by atoms with Gasteiger partial charge in [0, 0.05) is 36.9 Å². The van der Waals surface area contributed by atoms with Crippen molar-refractivity contribution in [1.29, 1.82) is 0 Å². The SMILES string of the molecule is c1ccc(-c2ccc(-c3nc(-c4cccc(-c5ccccc5)c4)nc(-c4cccc(-c5ccc(C6(c7ccc8c(c7)sc7ccccc78)c7ccccc7-c7ccccc76)cc5)c4)n3)cc2)cc1. The third-order valence-electron chi connectivity index (χ3n) is 13.6. The lowest BCUT2D eigenvalue weighted by atomic mass is 9.67. The van der Waals surface area contributed by atoms with Crippen LogP contribution in [0.1, 0.15) is 22.3 Å². The van der Waals surface area contributed by atoms with Crippen molar-refractivity contribution in [3.8, 4) is 78.7 Å². The molecule has 0 bridgehead atoms. The van der Waals surface area contributed by atoms with Crippen molar-refractivity contribution in [2.75, 3.05) is 0 Å². The molecular formula is C64H41N3S. The fraction of sp³-hybridized carbons (Fsp3) is 0.0156. The maximum absolute atomic E-state index is 5.20. The molecule has 0 saturated carbocycles. The lowest BCUT2D eigenvalue weighted by Gasteiger charge is -2.34. The van der Waals surface area contributed by atoms with Crippen LogP contribution in [0.15, 0.2) is 249 Å². The average molecular weight is 884 g/mol. The number of rotatable bonds is 8. The number of thiophene rings is 1. The van der Waals surface area contributed by atoms with E-state index in [0.717, 1.165) is 44.5 Å². The van der Waals surface area contributed by atoms with Gasteiger partial charge in [0.2, 0.25) is 0 Å². The molecule has 2 aromatic heterocycles. The summed E-state index contributed by atoms with van der Waals surface area (Å²) >= 11 is 1.87. The summed E-state index contributed by atoms with van der Waals surface area (Å²) in [5.41, 5.74) is 16.7. The molecule has 10 aromatic carbocycles. The van der Waals surface area contributed by atoms with Crippen molar-refractivity contribution in [2.24, 2.45) is 0 Å². The topological polar surface area (TPSA) is 38.7 Å². The summed E-state index contributed by atoms with van der Waals surface area (Å²) in [5, 5.41) is 2.62. The zero-order chi connectivity index (χ0) is 45.0. The van der Waals surface area contributed by atoms with Gasteiger partial charge in [-0.1, -0.05) is 224 Å². The second-order valence-corrected chi connectivity index (χ2v) is 18.6. The molecule has 318 valence electrons. The van der Waals surface area contributed by atoms with Crippen molar-refractivity contribution in [2.45, 2.75) is 5.41 Å². The summed E-state index contributed by atoms with van der Waals surface area (Å²) < 4.78 is 2.61. The van der Waals surface area contributed by atoms with E-state index >= 15 is 0 Å². The molecule has 0 atom stereocenters. The van der Waals surface area contributed by atoms with Gasteiger partial charge in [-0.05, 0) is 91.0 Å². The molecule has 68 heavy (non-hydrogen) atoms. The average Bonchev–Trinajstić information content (AvgIpc) is 3.95. The molecular weight excluding hydrogens is 843 g/mol. The first-order valence-corrected chi connectivity index (χ1v) is 23.9. The van der Waals surface area contributed by atoms with Gasteiger partial charge in [0.25, 0.3) is 0 Å². The van der Waals surface area contributed by atoms with Gasteiger partial charge >= 0.3 is 0 Å². The monoisotopic (exact) mass is 883 g/mol. The quantitative estimate of drug-likeness (QED) is 0.153. The number of nitrogens with zero attached hydrogens (tertiary/aromatic N) is 3. The van der Waals surface area contributed by atoms with Gasteiger partial charge in [0.1, 0.15) is 0 Å². The van der Waals surface area contributed by atoms with E-state index in [-0.39, 0.29) is 0 Å². The fourth-order valence-corrected chi connectivity index (χ4v) is 11.6. The summed E-state index contributed by atoms with van der Waals surface area (Å²) in [6, 6.07) is 89.5. The Morgan fingerprint density at radius 3 is 1.29 bits per heavy atom. The molecule has 1 aliphatic carbocycles. The summed E-state index contributed by atoms with van der Waals surface area (Å²) in [7, 11) is 0. The molecule has 0 saturated heterocycles. The third kappa shape index (κ3) is 6.68. The molecule has 1 aliphatic rings. The highest BCUT2D eigenvalue weighted by Crippen LogP contribution is 2.57. The number of fused-ring (bicyclic) bond motifs is 6. The van der Waals surface area contributed by atoms with Crippen LogP contribution in [0.5, 0.6) is 0 Å². The zero-order valence-electron chi connectivity index (χ0n) is 36.9. The van der Waals surface area contributed by atoms with Crippen molar-refractivity contribution in [3.63, 3.8) is 0 Å². The van der Waals surface area contributed by atoms with E-state index in [9.17, 15) is 0 Å². The van der Waals surface area contributed by atoms with Crippen molar-refractivity contribution < 1.29 is 0 Å². The van der Waals surface area contributed by atoms with Gasteiger partial charge < -0.3 is 0 Å². The summed E-state index contributed by atoms with van der Waals surface area (Å²) in [5.74, 6) is 1.87. The minimum atomic E-state index is -0.507. The normalized spacial score (nSPS) is 12.5. The highest BCUT2D eigenvalue weighted by atomic mass is 32.1. The highest BCUT2D eigenvalue weighted by Gasteiger charge is 2.46. The summed E-state index contributed by atoms with van der Waals surface area (Å²) in [4.78, 5) is 15.5. The molecule has 4 heteroatoms. The van der Waals surface area contributed by atoms with Gasteiger partial charge in [0.05, 0.1) is 5.41 Å². The van der Waals surface area contributed by atoms with Gasteiger partial charge in [-0.25, -0.2) is 15.0 Å². The molecule has 0 radical (unpaired) electrons.